The van der Waals surface area contributed by atoms with Gasteiger partial charge in [0.2, 0.25) is 5.91 Å². The van der Waals surface area contributed by atoms with Gasteiger partial charge in [-0.3, -0.25) is 4.79 Å². The SMILES string of the molecule is O=C1CC(CS)CN1c1ccccc1N1CCCCC1. The van der Waals surface area contributed by atoms with E-state index in [9.17, 15) is 4.79 Å². The third kappa shape index (κ3) is 2.66. The molecule has 2 aliphatic heterocycles. The number of hydrogen-bond acceptors (Lipinski definition) is 3. The quantitative estimate of drug-likeness (QED) is 0.865. The summed E-state index contributed by atoms with van der Waals surface area (Å²) in [6, 6.07) is 8.35. The Labute approximate surface area is 126 Å². The number of benzene rings is 1. The van der Waals surface area contributed by atoms with Crippen LogP contribution in [0.25, 0.3) is 0 Å². The van der Waals surface area contributed by atoms with Crippen LogP contribution in [-0.2, 0) is 4.79 Å². The summed E-state index contributed by atoms with van der Waals surface area (Å²) in [4.78, 5) is 16.6. The van der Waals surface area contributed by atoms with E-state index in [2.05, 4.69) is 35.7 Å². The van der Waals surface area contributed by atoms with Crippen LogP contribution in [0.2, 0.25) is 0 Å². The van der Waals surface area contributed by atoms with Gasteiger partial charge in [-0.15, -0.1) is 0 Å². The molecule has 0 bridgehead atoms. The summed E-state index contributed by atoms with van der Waals surface area (Å²) in [7, 11) is 0. The Morgan fingerprint density at radius 1 is 1.10 bits per heavy atom. The first-order valence-electron chi connectivity index (χ1n) is 7.55. The van der Waals surface area contributed by atoms with Gasteiger partial charge < -0.3 is 9.80 Å². The molecule has 2 heterocycles. The molecule has 0 N–H and O–H groups in total. The van der Waals surface area contributed by atoms with Crippen LogP contribution in [0.15, 0.2) is 24.3 Å². The lowest BCUT2D eigenvalue weighted by Gasteiger charge is -2.32. The van der Waals surface area contributed by atoms with Crippen molar-refractivity contribution in [2.45, 2.75) is 25.7 Å². The zero-order chi connectivity index (χ0) is 13.9. The molecule has 1 aromatic rings. The summed E-state index contributed by atoms with van der Waals surface area (Å²) >= 11 is 4.35. The van der Waals surface area contributed by atoms with Gasteiger partial charge >= 0.3 is 0 Å². The van der Waals surface area contributed by atoms with Gasteiger partial charge in [0.05, 0.1) is 11.4 Å². The van der Waals surface area contributed by atoms with Gasteiger partial charge in [-0.25, -0.2) is 0 Å². The lowest BCUT2D eigenvalue weighted by molar-refractivity contribution is -0.117. The number of para-hydroxylation sites is 2. The Kier molecular flexibility index (Phi) is 4.20. The van der Waals surface area contributed by atoms with E-state index >= 15 is 0 Å². The van der Waals surface area contributed by atoms with Crippen molar-refractivity contribution in [1.29, 1.82) is 0 Å². The molecule has 0 aliphatic carbocycles. The maximum absolute atomic E-state index is 12.3. The molecule has 0 spiro atoms. The smallest absolute Gasteiger partial charge is 0.227 e. The molecule has 0 radical (unpaired) electrons. The first kappa shape index (κ1) is 13.8. The fourth-order valence-corrected chi connectivity index (χ4v) is 3.48. The summed E-state index contributed by atoms with van der Waals surface area (Å²) in [6.07, 6.45) is 4.46. The van der Waals surface area contributed by atoms with Crippen LogP contribution in [0.1, 0.15) is 25.7 Å². The van der Waals surface area contributed by atoms with Crippen LogP contribution < -0.4 is 9.80 Å². The van der Waals surface area contributed by atoms with Crippen LogP contribution >= 0.6 is 12.6 Å². The molecular formula is C16H22N2OS. The van der Waals surface area contributed by atoms with Gasteiger partial charge in [-0.05, 0) is 43.1 Å². The molecule has 3 nitrogen and oxygen atoms in total. The van der Waals surface area contributed by atoms with Crippen molar-refractivity contribution in [2.24, 2.45) is 5.92 Å². The molecule has 2 aliphatic rings. The summed E-state index contributed by atoms with van der Waals surface area (Å²) < 4.78 is 0. The summed E-state index contributed by atoms with van der Waals surface area (Å²) in [5, 5.41) is 0. The highest BCUT2D eigenvalue weighted by Gasteiger charge is 2.31. The molecule has 1 aromatic carbocycles. The number of amides is 1. The number of nitrogens with zero attached hydrogens (tertiary/aromatic N) is 2. The highest BCUT2D eigenvalue weighted by atomic mass is 32.1. The molecule has 1 unspecified atom stereocenters. The molecule has 20 heavy (non-hydrogen) atoms. The van der Waals surface area contributed by atoms with Crippen molar-refractivity contribution in [3.05, 3.63) is 24.3 Å². The van der Waals surface area contributed by atoms with E-state index in [4.69, 9.17) is 0 Å². The van der Waals surface area contributed by atoms with Gasteiger partial charge in [-0.1, -0.05) is 12.1 Å². The van der Waals surface area contributed by atoms with Gasteiger partial charge in [0, 0.05) is 26.1 Å². The van der Waals surface area contributed by atoms with Crippen molar-refractivity contribution in [3.63, 3.8) is 0 Å². The van der Waals surface area contributed by atoms with Crippen molar-refractivity contribution >= 4 is 29.9 Å². The molecule has 0 aromatic heterocycles. The highest BCUT2D eigenvalue weighted by Crippen LogP contribution is 2.35. The van der Waals surface area contributed by atoms with Gasteiger partial charge in [0.25, 0.3) is 0 Å². The Hall–Kier alpha value is -1.16. The normalized spacial score (nSPS) is 23.4. The van der Waals surface area contributed by atoms with E-state index in [1.807, 2.05) is 11.0 Å². The molecule has 1 amide bonds. The zero-order valence-electron chi connectivity index (χ0n) is 11.8. The second-order valence-corrected chi connectivity index (χ2v) is 6.16. The largest absolute Gasteiger partial charge is 0.370 e. The minimum Gasteiger partial charge on any atom is -0.370 e. The monoisotopic (exact) mass is 290 g/mol. The number of anilines is 2. The predicted molar refractivity (Wildman–Crippen MR) is 86.8 cm³/mol. The van der Waals surface area contributed by atoms with E-state index in [0.29, 0.717) is 12.3 Å². The molecule has 108 valence electrons. The fraction of sp³-hybridized carbons (Fsp3) is 0.562. The third-order valence-electron chi connectivity index (χ3n) is 4.33. The number of piperidine rings is 1. The predicted octanol–water partition coefficient (Wildman–Crippen LogP) is 2.96. The Balaban J connectivity index is 1.87. The summed E-state index contributed by atoms with van der Waals surface area (Å²) in [5.41, 5.74) is 2.31. The Morgan fingerprint density at radius 3 is 2.45 bits per heavy atom. The van der Waals surface area contributed by atoms with Gasteiger partial charge in [0.1, 0.15) is 0 Å². The standard InChI is InChI=1S/C16H22N2OS/c19-16-10-13(12-20)11-18(16)15-7-3-2-6-14(15)17-8-4-1-5-9-17/h2-3,6-7,13,20H,1,4-5,8-12H2. The van der Waals surface area contributed by atoms with Crippen LogP contribution in [0, 0.1) is 5.92 Å². The number of hydrogen-bond donors (Lipinski definition) is 1. The second kappa shape index (κ2) is 6.08. The Morgan fingerprint density at radius 2 is 1.80 bits per heavy atom. The van der Waals surface area contributed by atoms with Gasteiger partial charge in [0.15, 0.2) is 0 Å². The molecule has 2 fully saturated rings. The van der Waals surface area contributed by atoms with Crippen molar-refractivity contribution in [3.8, 4) is 0 Å². The summed E-state index contributed by atoms with van der Waals surface area (Å²) in [6.45, 7) is 3.03. The molecule has 4 heteroatoms. The molecule has 2 saturated heterocycles. The topological polar surface area (TPSA) is 23.6 Å². The average Bonchev–Trinajstić information content (AvgIpc) is 2.89. The minimum atomic E-state index is 0.244. The minimum absolute atomic E-state index is 0.244. The zero-order valence-corrected chi connectivity index (χ0v) is 12.7. The van der Waals surface area contributed by atoms with Crippen molar-refractivity contribution < 1.29 is 4.79 Å². The third-order valence-corrected chi connectivity index (χ3v) is 4.85. The fourth-order valence-electron chi connectivity index (χ4n) is 3.23. The Bertz CT molecular complexity index is 485. The average molecular weight is 290 g/mol. The maximum atomic E-state index is 12.3. The lowest BCUT2D eigenvalue weighted by Crippen LogP contribution is -2.33. The van der Waals surface area contributed by atoms with Gasteiger partial charge in [-0.2, -0.15) is 12.6 Å². The number of carbonyl (C=O) groups is 1. The van der Waals surface area contributed by atoms with Crippen LogP contribution in [0.3, 0.4) is 0 Å². The summed E-state index contributed by atoms with van der Waals surface area (Å²) in [5.74, 6) is 1.42. The van der Waals surface area contributed by atoms with E-state index < -0.39 is 0 Å². The van der Waals surface area contributed by atoms with E-state index in [1.54, 1.807) is 0 Å². The molecular weight excluding hydrogens is 268 g/mol. The maximum Gasteiger partial charge on any atom is 0.227 e. The lowest BCUT2D eigenvalue weighted by atomic mass is 10.1. The first-order chi connectivity index (χ1) is 9.79. The van der Waals surface area contributed by atoms with E-state index in [-0.39, 0.29) is 5.91 Å². The van der Waals surface area contributed by atoms with Crippen molar-refractivity contribution in [2.75, 3.05) is 35.2 Å². The first-order valence-corrected chi connectivity index (χ1v) is 8.18. The molecule has 1 atom stereocenters. The van der Waals surface area contributed by atoms with Crippen LogP contribution in [-0.4, -0.2) is 31.3 Å². The van der Waals surface area contributed by atoms with E-state index in [0.717, 1.165) is 31.1 Å². The number of carbonyl (C=O) groups excluding carboxylic acids is 1. The van der Waals surface area contributed by atoms with E-state index in [1.165, 1.54) is 24.9 Å². The van der Waals surface area contributed by atoms with Crippen molar-refractivity contribution in [1.82, 2.24) is 0 Å². The number of thiol groups is 1. The van der Waals surface area contributed by atoms with Crippen LogP contribution in [0.5, 0.6) is 0 Å². The van der Waals surface area contributed by atoms with Crippen LogP contribution in [0.4, 0.5) is 11.4 Å². The molecule has 3 rings (SSSR count). The number of rotatable bonds is 3. The highest BCUT2D eigenvalue weighted by molar-refractivity contribution is 7.80. The second-order valence-electron chi connectivity index (χ2n) is 5.79. The molecule has 0 saturated carbocycles.